The summed E-state index contributed by atoms with van der Waals surface area (Å²) in [6.07, 6.45) is 5.58. The van der Waals surface area contributed by atoms with Gasteiger partial charge in [0, 0.05) is 29.4 Å². The molecule has 0 aliphatic heterocycles. The number of fused-ring (bicyclic) bond motifs is 1. The summed E-state index contributed by atoms with van der Waals surface area (Å²) in [7, 11) is 7.17. The first-order valence-corrected chi connectivity index (χ1v) is 14.1. The van der Waals surface area contributed by atoms with Crippen molar-refractivity contribution in [1.29, 1.82) is 5.26 Å². The van der Waals surface area contributed by atoms with Gasteiger partial charge in [-0.2, -0.15) is 5.26 Å². The molecule has 0 spiro atoms. The second-order valence-corrected chi connectivity index (χ2v) is 12.1. The number of pyridine rings is 1. The van der Waals surface area contributed by atoms with Crippen LogP contribution in [0.25, 0.3) is 22.0 Å². The summed E-state index contributed by atoms with van der Waals surface area (Å²) in [6.45, 7) is 7.06. The summed E-state index contributed by atoms with van der Waals surface area (Å²) in [4.78, 5) is 4.74. The second-order valence-electron chi connectivity index (χ2n) is 12.1. The predicted molar refractivity (Wildman–Crippen MR) is 165 cm³/mol. The fourth-order valence-corrected chi connectivity index (χ4v) is 5.04. The van der Waals surface area contributed by atoms with Crippen molar-refractivity contribution < 1.29 is 4.39 Å². The Morgan fingerprint density at radius 3 is 2.48 bits per heavy atom. The standard InChI is InChI=1S/C33H31BFN7/c1-32(2,3)20-38-30-22(17-36)18-37-31-27(21-7-5-4-6-8-21)15-25(16-28(30)31)39-33(34,23-9-11-24(35)12-10-23)29-19-42(41-40-29)26-13-14-26/h4-12,15-16,18-19,26,39H,13-14,20H2,1-3H3,(H,37,38). The Bertz CT molecular complexity index is 1780. The van der Waals surface area contributed by atoms with Gasteiger partial charge in [0.25, 0.3) is 0 Å². The van der Waals surface area contributed by atoms with E-state index in [0.29, 0.717) is 40.8 Å². The number of aromatic nitrogens is 4. The number of rotatable bonds is 8. The Balaban J connectivity index is 1.55. The van der Waals surface area contributed by atoms with Gasteiger partial charge in [-0.3, -0.25) is 4.98 Å². The number of hydrogen-bond acceptors (Lipinski definition) is 6. The number of nitrogens with zero attached hydrogens (tertiary/aromatic N) is 5. The van der Waals surface area contributed by atoms with Gasteiger partial charge < -0.3 is 10.6 Å². The smallest absolute Gasteiger partial charge is 0.123 e. The van der Waals surface area contributed by atoms with E-state index in [9.17, 15) is 9.65 Å². The lowest BCUT2D eigenvalue weighted by molar-refractivity contribution is 0.443. The van der Waals surface area contributed by atoms with Crippen LogP contribution >= 0.6 is 0 Å². The number of halogens is 1. The lowest BCUT2D eigenvalue weighted by Gasteiger charge is -2.32. The number of nitrogens with one attached hydrogen (secondary N) is 2. The third-order valence-corrected chi connectivity index (χ3v) is 7.45. The van der Waals surface area contributed by atoms with E-state index < -0.39 is 5.44 Å². The molecule has 1 unspecified atom stereocenters. The van der Waals surface area contributed by atoms with Crippen molar-refractivity contribution in [3.63, 3.8) is 0 Å². The summed E-state index contributed by atoms with van der Waals surface area (Å²) in [5.41, 5.74) is 4.23. The number of benzene rings is 3. The van der Waals surface area contributed by atoms with Gasteiger partial charge in [-0.15, -0.1) is 5.10 Å². The van der Waals surface area contributed by atoms with Crippen LogP contribution in [0.1, 0.15) is 56.5 Å². The fourth-order valence-electron chi connectivity index (χ4n) is 5.04. The largest absolute Gasteiger partial charge is 0.383 e. The van der Waals surface area contributed by atoms with Crippen LogP contribution in [0.3, 0.4) is 0 Å². The molecule has 2 N–H and O–H groups in total. The lowest BCUT2D eigenvalue weighted by Crippen LogP contribution is -2.37. The van der Waals surface area contributed by atoms with Gasteiger partial charge in [0.05, 0.1) is 34.4 Å². The van der Waals surface area contributed by atoms with Crippen molar-refractivity contribution in [2.45, 2.75) is 45.1 Å². The van der Waals surface area contributed by atoms with Crippen LogP contribution in [0.5, 0.6) is 0 Å². The number of nitriles is 1. The van der Waals surface area contributed by atoms with Crippen molar-refractivity contribution in [1.82, 2.24) is 20.0 Å². The third-order valence-electron chi connectivity index (χ3n) is 7.45. The van der Waals surface area contributed by atoms with Crippen molar-refractivity contribution in [3.05, 3.63) is 102 Å². The molecule has 0 bridgehead atoms. The molecule has 7 nitrogen and oxygen atoms in total. The molecule has 2 heterocycles. The van der Waals surface area contributed by atoms with Crippen molar-refractivity contribution in [3.8, 4) is 17.2 Å². The molecule has 2 radical (unpaired) electrons. The van der Waals surface area contributed by atoms with Crippen LogP contribution in [0.2, 0.25) is 0 Å². The Hall–Kier alpha value is -4.71. The second kappa shape index (κ2) is 10.6. The van der Waals surface area contributed by atoms with Crippen LogP contribution in [0.4, 0.5) is 15.8 Å². The number of anilines is 2. The molecule has 9 heteroatoms. The molecule has 5 aromatic rings. The summed E-state index contributed by atoms with van der Waals surface area (Å²) >= 11 is 0. The minimum atomic E-state index is -1.33. The highest BCUT2D eigenvalue weighted by Gasteiger charge is 2.34. The molecule has 1 aliphatic rings. The van der Waals surface area contributed by atoms with Crippen LogP contribution in [-0.4, -0.2) is 34.4 Å². The molecule has 42 heavy (non-hydrogen) atoms. The van der Waals surface area contributed by atoms with E-state index >= 15 is 0 Å². The zero-order valence-corrected chi connectivity index (χ0v) is 23.9. The minimum Gasteiger partial charge on any atom is -0.383 e. The molecular weight excluding hydrogens is 524 g/mol. The molecule has 2 aromatic heterocycles. The molecule has 1 aliphatic carbocycles. The monoisotopic (exact) mass is 555 g/mol. The summed E-state index contributed by atoms with van der Waals surface area (Å²) in [6, 6.07) is 22.6. The molecule has 6 rings (SSSR count). The molecular formula is C33H31BFN7. The van der Waals surface area contributed by atoms with Crippen molar-refractivity contribution in [2.75, 3.05) is 17.2 Å². The van der Waals surface area contributed by atoms with Gasteiger partial charge in [-0.25, -0.2) is 9.07 Å². The normalized spacial score (nSPS) is 14.7. The average molecular weight is 555 g/mol. The highest BCUT2D eigenvalue weighted by atomic mass is 19.1. The van der Waals surface area contributed by atoms with E-state index in [2.05, 4.69) is 47.8 Å². The Morgan fingerprint density at radius 1 is 1.07 bits per heavy atom. The SMILES string of the molecule is [B]C(Nc1cc(-c2ccccc2)c2ncc(C#N)c(NCC(C)(C)C)c2c1)(c1ccc(F)cc1)c1cn(C2CC2)nn1. The summed E-state index contributed by atoms with van der Waals surface area (Å²) < 4.78 is 15.8. The highest BCUT2D eigenvalue weighted by Crippen LogP contribution is 2.40. The zero-order chi connectivity index (χ0) is 29.5. The van der Waals surface area contributed by atoms with E-state index in [1.165, 1.54) is 12.1 Å². The van der Waals surface area contributed by atoms with E-state index in [1.807, 2.05) is 53.3 Å². The van der Waals surface area contributed by atoms with Crippen molar-refractivity contribution in [2.24, 2.45) is 5.41 Å². The maximum Gasteiger partial charge on any atom is 0.123 e. The van der Waals surface area contributed by atoms with E-state index in [-0.39, 0.29) is 11.2 Å². The molecule has 1 fully saturated rings. The molecule has 0 saturated heterocycles. The van der Waals surface area contributed by atoms with Gasteiger partial charge >= 0.3 is 0 Å². The first-order chi connectivity index (χ1) is 20.1. The van der Waals surface area contributed by atoms with Gasteiger partial charge in [-0.1, -0.05) is 68.4 Å². The quantitative estimate of drug-likeness (QED) is 0.205. The topological polar surface area (TPSA) is 91.5 Å². The molecule has 1 atom stereocenters. The predicted octanol–water partition coefficient (Wildman–Crippen LogP) is 6.78. The molecule has 3 aromatic carbocycles. The van der Waals surface area contributed by atoms with E-state index in [0.717, 1.165) is 34.9 Å². The first-order valence-electron chi connectivity index (χ1n) is 14.1. The van der Waals surface area contributed by atoms with E-state index in [4.69, 9.17) is 12.8 Å². The zero-order valence-electron chi connectivity index (χ0n) is 23.9. The Kier molecular flexibility index (Phi) is 6.93. The Morgan fingerprint density at radius 2 is 1.81 bits per heavy atom. The average Bonchev–Trinajstić information content (AvgIpc) is 3.71. The lowest BCUT2D eigenvalue weighted by atomic mass is 9.69. The Labute approximate surface area is 246 Å². The van der Waals surface area contributed by atoms with Gasteiger partial charge in [0.1, 0.15) is 25.4 Å². The third kappa shape index (κ3) is 5.45. The first kappa shape index (κ1) is 27.5. The highest BCUT2D eigenvalue weighted by molar-refractivity contribution is 6.19. The van der Waals surface area contributed by atoms with Gasteiger partial charge in [-0.05, 0) is 53.6 Å². The van der Waals surface area contributed by atoms with Gasteiger partial charge in [0.15, 0.2) is 0 Å². The molecule has 1 saturated carbocycles. The number of hydrogen-bond donors (Lipinski definition) is 2. The van der Waals surface area contributed by atoms with E-state index in [1.54, 1.807) is 18.3 Å². The summed E-state index contributed by atoms with van der Waals surface area (Å²) in [5, 5.41) is 26.6. The van der Waals surface area contributed by atoms with Gasteiger partial charge in [0.2, 0.25) is 0 Å². The van der Waals surface area contributed by atoms with Crippen LogP contribution in [0.15, 0.2) is 79.1 Å². The minimum absolute atomic E-state index is 0.0250. The van der Waals surface area contributed by atoms with Crippen LogP contribution in [-0.2, 0) is 5.44 Å². The maximum atomic E-state index is 14.0. The van der Waals surface area contributed by atoms with Crippen molar-refractivity contribution >= 4 is 30.1 Å². The maximum absolute atomic E-state index is 14.0. The molecule has 208 valence electrons. The molecule has 0 amide bonds. The summed E-state index contributed by atoms with van der Waals surface area (Å²) in [5.74, 6) is -0.357. The van der Waals surface area contributed by atoms with Crippen LogP contribution < -0.4 is 10.6 Å². The fraction of sp³-hybridized carbons (Fsp3) is 0.273. The van der Waals surface area contributed by atoms with Crippen LogP contribution in [0, 0.1) is 22.6 Å².